The van der Waals surface area contributed by atoms with Gasteiger partial charge in [0, 0.05) is 23.5 Å². The molecule has 0 fully saturated rings. The Balaban J connectivity index is 1.75. The Morgan fingerprint density at radius 2 is 2.04 bits per heavy atom. The number of benzene rings is 2. The van der Waals surface area contributed by atoms with Crippen LogP contribution in [0.4, 0.5) is 4.39 Å². The molecule has 1 aliphatic rings. The molecule has 0 radical (unpaired) electrons. The fourth-order valence-electron chi connectivity index (χ4n) is 3.49. The number of nitrogens with zero attached hydrogens (tertiary/aromatic N) is 3. The van der Waals surface area contributed by atoms with E-state index in [1.807, 2.05) is 24.3 Å². The van der Waals surface area contributed by atoms with Crippen molar-refractivity contribution >= 4 is 11.8 Å². The van der Waals surface area contributed by atoms with Crippen LogP contribution in [0.2, 0.25) is 0 Å². The predicted octanol–water partition coefficient (Wildman–Crippen LogP) is 3.80. The first-order valence-electron chi connectivity index (χ1n) is 9.14. The molecule has 146 valence electrons. The van der Waals surface area contributed by atoms with E-state index in [9.17, 15) is 9.50 Å². The van der Waals surface area contributed by atoms with Gasteiger partial charge in [0.15, 0.2) is 5.82 Å². The molecule has 0 saturated heterocycles. The highest BCUT2D eigenvalue weighted by molar-refractivity contribution is 8.00. The zero-order valence-electron chi connectivity index (χ0n) is 15.9. The first-order valence-corrected chi connectivity index (χ1v) is 10.1. The van der Waals surface area contributed by atoms with E-state index in [1.165, 1.54) is 12.1 Å². The zero-order valence-corrected chi connectivity index (χ0v) is 16.7. The van der Waals surface area contributed by atoms with Crippen LogP contribution in [0.3, 0.4) is 0 Å². The smallest absolute Gasteiger partial charge is 0.167 e. The topological polar surface area (TPSA) is 60.2 Å². The lowest BCUT2D eigenvalue weighted by atomic mass is 10.0. The van der Waals surface area contributed by atoms with Crippen LogP contribution in [-0.4, -0.2) is 44.1 Å². The second-order valence-corrected chi connectivity index (χ2v) is 8.83. The van der Waals surface area contributed by atoms with Gasteiger partial charge in [-0.05, 0) is 42.3 Å². The second-order valence-electron chi connectivity index (χ2n) is 7.15. The van der Waals surface area contributed by atoms with Crippen LogP contribution in [0.5, 0.6) is 5.75 Å². The molecule has 0 bridgehead atoms. The van der Waals surface area contributed by atoms with Crippen LogP contribution < -0.4 is 4.74 Å². The Morgan fingerprint density at radius 1 is 1.21 bits per heavy atom. The molecule has 1 atom stereocenters. The number of fused-ring (bicyclic) bond motifs is 1. The van der Waals surface area contributed by atoms with Gasteiger partial charge in [-0.25, -0.2) is 4.39 Å². The summed E-state index contributed by atoms with van der Waals surface area (Å²) >= 11 is 1.76. The second kappa shape index (κ2) is 7.56. The van der Waals surface area contributed by atoms with Crippen molar-refractivity contribution in [1.82, 2.24) is 14.8 Å². The van der Waals surface area contributed by atoms with Crippen molar-refractivity contribution in [2.24, 2.45) is 0 Å². The number of methoxy groups -OCH3 is 1. The van der Waals surface area contributed by atoms with Gasteiger partial charge in [-0.15, -0.1) is 10.2 Å². The van der Waals surface area contributed by atoms with E-state index in [-0.39, 0.29) is 17.2 Å². The minimum absolute atomic E-state index is 0.103. The predicted molar refractivity (Wildman–Crippen MR) is 109 cm³/mol. The van der Waals surface area contributed by atoms with Crippen molar-refractivity contribution in [2.45, 2.75) is 24.6 Å². The summed E-state index contributed by atoms with van der Waals surface area (Å²) in [7, 11) is 1.62. The Bertz CT molecular complexity index is 1010. The number of aromatic nitrogens is 3. The summed E-state index contributed by atoms with van der Waals surface area (Å²) in [5, 5.41) is 18.5. The third-order valence-corrected chi connectivity index (χ3v) is 6.42. The van der Waals surface area contributed by atoms with E-state index >= 15 is 0 Å². The number of aliphatic hydroxyl groups is 1. The summed E-state index contributed by atoms with van der Waals surface area (Å²) in [6, 6.07) is 12.3. The molecule has 1 aromatic heterocycles. The number of ether oxygens (including phenoxy) is 1. The van der Waals surface area contributed by atoms with Gasteiger partial charge in [0.05, 0.1) is 19.3 Å². The average Bonchev–Trinajstić information content (AvgIpc) is 3.00. The van der Waals surface area contributed by atoms with Crippen molar-refractivity contribution in [2.75, 3.05) is 19.5 Å². The van der Waals surface area contributed by atoms with Gasteiger partial charge in [-0.3, -0.25) is 0 Å². The van der Waals surface area contributed by atoms with E-state index < -0.39 is 0 Å². The number of hydrogen-bond acceptors (Lipinski definition) is 5. The van der Waals surface area contributed by atoms with Crippen LogP contribution in [0, 0.1) is 5.82 Å². The number of rotatable bonds is 4. The summed E-state index contributed by atoms with van der Waals surface area (Å²) in [6.07, 6.45) is 0.658. The normalized spacial score (nSPS) is 19.1. The third-order valence-electron chi connectivity index (χ3n) is 5.06. The fraction of sp³-hybridized carbons (Fsp3) is 0.333. The van der Waals surface area contributed by atoms with Crippen molar-refractivity contribution in [3.05, 3.63) is 54.1 Å². The van der Waals surface area contributed by atoms with Gasteiger partial charge in [0.1, 0.15) is 17.4 Å². The Hall–Kier alpha value is -2.38. The van der Waals surface area contributed by atoms with Crippen LogP contribution in [-0.2, 0) is 13.0 Å². The summed E-state index contributed by atoms with van der Waals surface area (Å²) in [4.78, 5) is 0. The molecule has 0 saturated carbocycles. The number of aliphatic hydroxyl groups excluding tert-OH is 1. The Labute approximate surface area is 167 Å². The standard InChI is InChI=1S/C21H22FN3O2S/c1-21(13-26)12-19-23-24-20(25(19)8-9-28-21)17-7-6-15(11-18(17)27-2)14-4-3-5-16(22)10-14/h3-7,10-11,26H,8-9,12-13H2,1-2H3. The van der Waals surface area contributed by atoms with E-state index in [0.717, 1.165) is 40.6 Å². The lowest BCUT2D eigenvalue weighted by Gasteiger charge is -2.23. The summed E-state index contributed by atoms with van der Waals surface area (Å²) in [5.41, 5.74) is 2.51. The van der Waals surface area contributed by atoms with Gasteiger partial charge in [0.2, 0.25) is 0 Å². The van der Waals surface area contributed by atoms with E-state index in [2.05, 4.69) is 21.7 Å². The Kier molecular flexibility index (Phi) is 5.12. The molecule has 2 heterocycles. The van der Waals surface area contributed by atoms with E-state index in [4.69, 9.17) is 4.74 Å². The molecule has 1 unspecified atom stereocenters. The van der Waals surface area contributed by atoms with Crippen LogP contribution in [0.15, 0.2) is 42.5 Å². The van der Waals surface area contributed by atoms with Gasteiger partial charge in [-0.2, -0.15) is 11.8 Å². The molecule has 28 heavy (non-hydrogen) atoms. The minimum atomic E-state index is -0.271. The largest absolute Gasteiger partial charge is 0.496 e. The molecular formula is C21H22FN3O2S. The molecule has 0 amide bonds. The summed E-state index contributed by atoms with van der Waals surface area (Å²) in [6.45, 7) is 2.92. The van der Waals surface area contributed by atoms with Crippen LogP contribution in [0.25, 0.3) is 22.5 Å². The molecule has 3 aromatic rings. The minimum Gasteiger partial charge on any atom is -0.496 e. The van der Waals surface area contributed by atoms with Gasteiger partial charge in [0.25, 0.3) is 0 Å². The fourth-order valence-corrected chi connectivity index (χ4v) is 4.58. The van der Waals surface area contributed by atoms with Crippen LogP contribution in [0.1, 0.15) is 12.7 Å². The van der Waals surface area contributed by atoms with Gasteiger partial charge < -0.3 is 14.4 Å². The molecule has 5 nitrogen and oxygen atoms in total. The first-order chi connectivity index (χ1) is 13.5. The van der Waals surface area contributed by atoms with E-state index in [1.54, 1.807) is 24.9 Å². The zero-order chi connectivity index (χ0) is 19.7. The molecule has 1 N–H and O–H groups in total. The number of thioether (sulfide) groups is 1. The maximum atomic E-state index is 13.6. The maximum absolute atomic E-state index is 13.6. The van der Waals surface area contributed by atoms with Crippen molar-refractivity contribution in [1.29, 1.82) is 0 Å². The highest BCUT2D eigenvalue weighted by Gasteiger charge is 2.31. The number of hydrogen-bond donors (Lipinski definition) is 1. The lowest BCUT2D eigenvalue weighted by Crippen LogP contribution is -2.28. The molecular weight excluding hydrogens is 377 g/mol. The highest BCUT2D eigenvalue weighted by Crippen LogP contribution is 2.37. The third kappa shape index (κ3) is 3.52. The molecule has 0 aliphatic carbocycles. The summed E-state index contributed by atoms with van der Waals surface area (Å²) < 4.78 is 21.1. The van der Waals surface area contributed by atoms with E-state index in [0.29, 0.717) is 12.2 Å². The SMILES string of the molecule is COc1cc(-c2cccc(F)c2)ccc1-c1nnc2n1CCSC(C)(CO)C2. The van der Waals surface area contributed by atoms with Gasteiger partial charge in [-0.1, -0.05) is 18.2 Å². The number of halogens is 1. The average molecular weight is 399 g/mol. The van der Waals surface area contributed by atoms with Crippen molar-refractivity contribution < 1.29 is 14.2 Å². The monoisotopic (exact) mass is 399 g/mol. The summed E-state index contributed by atoms with van der Waals surface area (Å²) in [5.74, 6) is 2.89. The highest BCUT2D eigenvalue weighted by atomic mass is 32.2. The Morgan fingerprint density at radius 3 is 2.79 bits per heavy atom. The van der Waals surface area contributed by atoms with Crippen molar-refractivity contribution in [3.8, 4) is 28.3 Å². The quantitative estimate of drug-likeness (QED) is 0.723. The van der Waals surface area contributed by atoms with Crippen LogP contribution >= 0.6 is 11.8 Å². The molecule has 7 heteroatoms. The maximum Gasteiger partial charge on any atom is 0.167 e. The lowest BCUT2D eigenvalue weighted by molar-refractivity contribution is 0.254. The molecule has 2 aromatic carbocycles. The molecule has 0 spiro atoms. The molecule has 1 aliphatic heterocycles. The first kappa shape index (κ1) is 19.0. The van der Waals surface area contributed by atoms with Crippen molar-refractivity contribution in [3.63, 3.8) is 0 Å². The molecule has 4 rings (SSSR count). The van der Waals surface area contributed by atoms with Gasteiger partial charge >= 0.3 is 0 Å².